The number of aromatic amines is 1. The average molecular weight is 365 g/mol. The van der Waals surface area contributed by atoms with E-state index < -0.39 is 0 Å². The summed E-state index contributed by atoms with van der Waals surface area (Å²) >= 11 is 0. The number of carbonyl (C=O) groups excluding carboxylic acids is 1. The fourth-order valence-corrected chi connectivity index (χ4v) is 3.54. The number of rotatable bonds is 5. The lowest BCUT2D eigenvalue weighted by molar-refractivity contribution is 0.0633. The van der Waals surface area contributed by atoms with Gasteiger partial charge in [-0.3, -0.25) is 4.79 Å². The van der Waals surface area contributed by atoms with E-state index in [0.717, 1.165) is 41.9 Å². The van der Waals surface area contributed by atoms with Gasteiger partial charge in [-0.05, 0) is 43.2 Å². The van der Waals surface area contributed by atoms with E-state index in [-0.39, 0.29) is 5.91 Å². The van der Waals surface area contributed by atoms with Gasteiger partial charge in [0.05, 0.1) is 31.1 Å². The van der Waals surface area contributed by atoms with Crippen LogP contribution in [0.25, 0.3) is 11.0 Å². The van der Waals surface area contributed by atoms with Crippen LogP contribution in [0.3, 0.4) is 0 Å². The van der Waals surface area contributed by atoms with E-state index in [0.29, 0.717) is 24.6 Å². The van der Waals surface area contributed by atoms with Crippen molar-refractivity contribution in [2.24, 2.45) is 5.92 Å². The van der Waals surface area contributed by atoms with Gasteiger partial charge in [-0.1, -0.05) is 6.07 Å². The molecule has 0 aliphatic carbocycles. The number of piperidine rings is 1. The summed E-state index contributed by atoms with van der Waals surface area (Å²) in [6, 6.07) is 13.2. The first-order valence-electron chi connectivity index (χ1n) is 9.22. The summed E-state index contributed by atoms with van der Waals surface area (Å²) in [5.74, 6) is 1.96. The minimum atomic E-state index is 0.0672. The number of benzene rings is 2. The van der Waals surface area contributed by atoms with Gasteiger partial charge in [-0.2, -0.15) is 0 Å². The molecule has 1 aromatic heterocycles. The van der Waals surface area contributed by atoms with Crippen LogP contribution in [0.5, 0.6) is 11.5 Å². The van der Waals surface area contributed by atoms with Crippen molar-refractivity contribution in [2.75, 3.05) is 26.8 Å². The Morgan fingerprint density at radius 1 is 1.26 bits per heavy atom. The Morgan fingerprint density at radius 3 is 3.04 bits per heavy atom. The number of fused-ring (bicyclic) bond motifs is 1. The number of methoxy groups -OCH3 is 1. The van der Waals surface area contributed by atoms with Crippen molar-refractivity contribution < 1.29 is 14.3 Å². The molecule has 6 nitrogen and oxygen atoms in total. The minimum absolute atomic E-state index is 0.0672. The maximum Gasteiger partial charge on any atom is 0.253 e. The van der Waals surface area contributed by atoms with Crippen LogP contribution >= 0.6 is 0 Å². The Kier molecular flexibility index (Phi) is 4.96. The molecule has 1 N–H and O–H groups in total. The molecule has 2 heterocycles. The molecule has 1 atom stereocenters. The highest BCUT2D eigenvalue weighted by molar-refractivity contribution is 5.97. The maximum atomic E-state index is 12.9. The predicted octanol–water partition coefficient (Wildman–Crippen LogP) is 3.50. The molecular formula is C21H23N3O3. The molecule has 1 aliphatic rings. The molecule has 6 heteroatoms. The fraction of sp³-hybridized carbons (Fsp3) is 0.333. The van der Waals surface area contributed by atoms with Gasteiger partial charge in [0, 0.05) is 30.6 Å². The number of hydrogen-bond donors (Lipinski definition) is 1. The molecule has 1 saturated heterocycles. The third kappa shape index (κ3) is 3.89. The van der Waals surface area contributed by atoms with E-state index in [1.54, 1.807) is 13.4 Å². The van der Waals surface area contributed by atoms with Gasteiger partial charge in [-0.25, -0.2) is 4.98 Å². The number of amides is 1. The molecule has 0 radical (unpaired) electrons. The normalized spacial score (nSPS) is 17.1. The van der Waals surface area contributed by atoms with E-state index in [1.165, 1.54) is 0 Å². The van der Waals surface area contributed by atoms with Crippen molar-refractivity contribution >= 4 is 16.9 Å². The van der Waals surface area contributed by atoms with Crippen LogP contribution < -0.4 is 9.47 Å². The highest BCUT2D eigenvalue weighted by atomic mass is 16.5. The number of imidazole rings is 1. The lowest BCUT2D eigenvalue weighted by Gasteiger charge is -2.32. The van der Waals surface area contributed by atoms with Gasteiger partial charge in [0.25, 0.3) is 5.91 Å². The topological polar surface area (TPSA) is 67.5 Å². The smallest absolute Gasteiger partial charge is 0.253 e. The van der Waals surface area contributed by atoms with E-state index in [9.17, 15) is 4.79 Å². The molecule has 27 heavy (non-hydrogen) atoms. The zero-order valence-electron chi connectivity index (χ0n) is 15.4. The first kappa shape index (κ1) is 17.4. The molecular weight excluding hydrogens is 342 g/mol. The van der Waals surface area contributed by atoms with Gasteiger partial charge in [-0.15, -0.1) is 0 Å². The maximum absolute atomic E-state index is 12.9. The molecule has 0 saturated carbocycles. The first-order valence-corrected chi connectivity index (χ1v) is 9.22. The molecule has 4 rings (SSSR count). The number of H-pyrrole nitrogens is 1. The number of carbonyl (C=O) groups is 1. The minimum Gasteiger partial charge on any atom is -0.497 e. The highest BCUT2D eigenvalue weighted by Gasteiger charge is 2.25. The number of hydrogen-bond acceptors (Lipinski definition) is 4. The number of nitrogens with zero attached hydrogens (tertiary/aromatic N) is 2. The zero-order chi connectivity index (χ0) is 18.6. The van der Waals surface area contributed by atoms with Gasteiger partial charge >= 0.3 is 0 Å². The van der Waals surface area contributed by atoms with Crippen LogP contribution in [0, 0.1) is 5.92 Å². The van der Waals surface area contributed by atoms with Crippen molar-refractivity contribution in [2.45, 2.75) is 12.8 Å². The number of likely N-dealkylation sites (tertiary alicyclic amines) is 1. The lowest BCUT2D eigenvalue weighted by Crippen LogP contribution is -2.41. The lowest BCUT2D eigenvalue weighted by atomic mass is 9.98. The SMILES string of the molecule is COc1cccc(OC[C@@H]2CCCN(C(=O)c3ccc4nc[nH]c4c3)C2)c1. The van der Waals surface area contributed by atoms with Gasteiger partial charge in [0.1, 0.15) is 11.5 Å². The van der Waals surface area contributed by atoms with Crippen molar-refractivity contribution in [3.05, 3.63) is 54.4 Å². The van der Waals surface area contributed by atoms with Gasteiger partial charge in [0.2, 0.25) is 0 Å². The van der Waals surface area contributed by atoms with Gasteiger partial charge in [0.15, 0.2) is 0 Å². The van der Waals surface area contributed by atoms with Crippen molar-refractivity contribution in [1.29, 1.82) is 0 Å². The largest absolute Gasteiger partial charge is 0.497 e. The Morgan fingerprint density at radius 2 is 2.15 bits per heavy atom. The molecule has 0 unspecified atom stereocenters. The fourth-order valence-electron chi connectivity index (χ4n) is 3.54. The zero-order valence-corrected chi connectivity index (χ0v) is 15.4. The average Bonchev–Trinajstić information content (AvgIpc) is 3.20. The molecule has 2 aromatic carbocycles. The standard InChI is InChI=1S/C21H23N3O3/c1-26-17-5-2-6-18(11-17)27-13-15-4-3-9-24(12-15)21(25)16-7-8-19-20(10-16)23-14-22-19/h2,5-8,10-11,14-15H,3-4,9,12-13H2,1H3,(H,22,23)/t15-/m1/s1. The van der Waals surface area contributed by atoms with Crippen LogP contribution in [0.2, 0.25) is 0 Å². The van der Waals surface area contributed by atoms with Crippen molar-refractivity contribution in [3.63, 3.8) is 0 Å². The second-order valence-corrected chi connectivity index (χ2v) is 6.88. The Hall–Kier alpha value is -3.02. The summed E-state index contributed by atoms with van der Waals surface area (Å²) in [6.45, 7) is 2.09. The van der Waals surface area contributed by atoms with Gasteiger partial charge < -0.3 is 19.4 Å². The number of nitrogens with one attached hydrogen (secondary N) is 1. The Labute approximate surface area is 158 Å². The van der Waals surface area contributed by atoms with Crippen LogP contribution in [0.1, 0.15) is 23.2 Å². The molecule has 1 amide bonds. The van der Waals surface area contributed by atoms with Crippen LogP contribution in [0.4, 0.5) is 0 Å². The first-order chi connectivity index (χ1) is 13.2. The van der Waals surface area contributed by atoms with E-state index in [2.05, 4.69) is 9.97 Å². The van der Waals surface area contributed by atoms with Crippen LogP contribution in [-0.4, -0.2) is 47.6 Å². The number of ether oxygens (including phenoxy) is 2. The van der Waals surface area contributed by atoms with E-state index in [1.807, 2.05) is 47.4 Å². The molecule has 3 aromatic rings. The summed E-state index contributed by atoms with van der Waals surface area (Å²) in [4.78, 5) is 22.1. The molecule has 0 bridgehead atoms. The Balaban J connectivity index is 1.39. The quantitative estimate of drug-likeness (QED) is 0.751. The summed E-state index contributed by atoms with van der Waals surface area (Å²) in [6.07, 6.45) is 3.70. The third-order valence-corrected chi connectivity index (χ3v) is 5.00. The summed E-state index contributed by atoms with van der Waals surface area (Å²) in [5, 5.41) is 0. The molecule has 140 valence electrons. The van der Waals surface area contributed by atoms with Crippen LogP contribution in [0.15, 0.2) is 48.8 Å². The summed E-state index contributed by atoms with van der Waals surface area (Å²) in [7, 11) is 1.64. The van der Waals surface area contributed by atoms with Crippen molar-refractivity contribution in [3.8, 4) is 11.5 Å². The van der Waals surface area contributed by atoms with Crippen LogP contribution in [-0.2, 0) is 0 Å². The highest BCUT2D eigenvalue weighted by Crippen LogP contribution is 2.23. The van der Waals surface area contributed by atoms with Crippen molar-refractivity contribution in [1.82, 2.24) is 14.9 Å². The molecule has 0 spiro atoms. The predicted molar refractivity (Wildman–Crippen MR) is 103 cm³/mol. The second-order valence-electron chi connectivity index (χ2n) is 6.88. The second kappa shape index (κ2) is 7.70. The Bertz CT molecular complexity index is 937. The summed E-state index contributed by atoms with van der Waals surface area (Å²) in [5.41, 5.74) is 2.45. The molecule has 1 aliphatic heterocycles. The number of aromatic nitrogens is 2. The monoisotopic (exact) mass is 365 g/mol. The third-order valence-electron chi connectivity index (χ3n) is 5.00. The van der Waals surface area contributed by atoms with E-state index >= 15 is 0 Å². The summed E-state index contributed by atoms with van der Waals surface area (Å²) < 4.78 is 11.2. The molecule has 1 fully saturated rings. The van der Waals surface area contributed by atoms with E-state index in [4.69, 9.17) is 9.47 Å².